The molecule has 4 N–H and O–H groups in total. The lowest BCUT2D eigenvalue weighted by molar-refractivity contribution is -0.144. The van der Waals surface area contributed by atoms with Gasteiger partial charge in [-0.25, -0.2) is 4.79 Å². The summed E-state index contributed by atoms with van der Waals surface area (Å²) in [6.07, 6.45) is 2.49. The molecule has 0 aliphatic carbocycles. The average Bonchev–Trinajstić information content (AvgIpc) is 2.90. The third-order valence-electron chi connectivity index (χ3n) is 5.20. The van der Waals surface area contributed by atoms with Crippen LogP contribution in [0.2, 0.25) is 0 Å². The predicted molar refractivity (Wildman–Crippen MR) is 150 cm³/mol. The molecule has 2 rings (SSSR count). The van der Waals surface area contributed by atoms with E-state index in [0.717, 1.165) is 12.5 Å². The lowest BCUT2D eigenvalue weighted by Crippen LogP contribution is -2.35. The minimum absolute atomic E-state index is 0.0672. The van der Waals surface area contributed by atoms with Crippen molar-refractivity contribution in [2.75, 3.05) is 33.4 Å². The van der Waals surface area contributed by atoms with Gasteiger partial charge in [-0.05, 0) is 68.3 Å². The fourth-order valence-electron chi connectivity index (χ4n) is 3.32. The van der Waals surface area contributed by atoms with Crippen LogP contribution in [0.15, 0.2) is 54.1 Å². The van der Waals surface area contributed by atoms with E-state index >= 15 is 0 Å². The van der Waals surface area contributed by atoms with Gasteiger partial charge in [0, 0.05) is 44.9 Å². The number of carboxylic acid groups (broad SMARTS) is 1. The number of nitrogens with two attached hydrogens (primary N) is 1. The van der Waals surface area contributed by atoms with Crippen molar-refractivity contribution in [1.82, 2.24) is 4.90 Å². The van der Waals surface area contributed by atoms with Crippen LogP contribution in [-0.2, 0) is 23.9 Å². The summed E-state index contributed by atoms with van der Waals surface area (Å²) in [6.45, 7) is 6.04. The number of ether oxygens (including phenoxy) is 3. The van der Waals surface area contributed by atoms with Gasteiger partial charge >= 0.3 is 11.9 Å². The highest BCUT2D eigenvalue weighted by molar-refractivity contribution is 5.98. The van der Waals surface area contributed by atoms with Crippen molar-refractivity contribution in [2.24, 2.45) is 5.73 Å². The number of rotatable bonds is 13. The number of carbonyl (C=O) groups is 4. The Bertz CT molecular complexity index is 1170. The third-order valence-corrected chi connectivity index (χ3v) is 5.20. The molecule has 40 heavy (non-hydrogen) atoms. The van der Waals surface area contributed by atoms with Gasteiger partial charge in [-0.3, -0.25) is 19.8 Å². The molecule has 0 saturated carbocycles. The van der Waals surface area contributed by atoms with E-state index in [9.17, 15) is 14.4 Å². The smallest absolute Gasteiger partial charge is 0.343 e. The van der Waals surface area contributed by atoms with E-state index in [0.29, 0.717) is 48.6 Å². The Labute approximate surface area is 234 Å². The lowest BCUT2D eigenvalue weighted by atomic mass is 10.1. The van der Waals surface area contributed by atoms with E-state index < -0.39 is 11.9 Å². The molecular formula is C29H37N3O8. The Morgan fingerprint density at radius 2 is 1.55 bits per heavy atom. The highest BCUT2D eigenvalue weighted by atomic mass is 16.5. The molecule has 216 valence electrons. The first kappa shape index (κ1) is 33.5. The predicted octanol–water partition coefficient (Wildman–Crippen LogP) is 3.50. The Hall–Kier alpha value is -4.51. The highest BCUT2D eigenvalue weighted by Crippen LogP contribution is 2.16. The molecule has 0 radical (unpaired) electrons. The summed E-state index contributed by atoms with van der Waals surface area (Å²) in [4.78, 5) is 47.8. The molecule has 0 spiro atoms. The number of nitrogens with one attached hydrogen (secondary N) is 1. The summed E-state index contributed by atoms with van der Waals surface area (Å²) in [7, 11) is 1.60. The minimum atomic E-state index is -0.833. The lowest BCUT2D eigenvalue weighted by Gasteiger charge is -2.22. The van der Waals surface area contributed by atoms with Crippen LogP contribution in [0.1, 0.15) is 55.1 Å². The molecule has 11 heteroatoms. The number of benzene rings is 2. The number of hydrogen-bond donors (Lipinski definition) is 3. The molecular weight excluding hydrogens is 518 g/mol. The molecule has 0 aromatic heterocycles. The monoisotopic (exact) mass is 555 g/mol. The quantitative estimate of drug-likeness (QED) is 0.0836. The highest BCUT2D eigenvalue weighted by Gasteiger charge is 2.17. The number of methoxy groups -OCH3 is 1. The normalized spacial score (nSPS) is 10.6. The summed E-state index contributed by atoms with van der Waals surface area (Å²) in [5.41, 5.74) is 7.55. The van der Waals surface area contributed by atoms with Gasteiger partial charge in [0.05, 0.1) is 18.6 Å². The second-order valence-corrected chi connectivity index (χ2v) is 8.49. The molecule has 0 unspecified atom stereocenters. The van der Waals surface area contributed by atoms with Crippen molar-refractivity contribution in [1.29, 1.82) is 5.41 Å². The second-order valence-electron chi connectivity index (χ2n) is 8.49. The summed E-state index contributed by atoms with van der Waals surface area (Å²) in [5, 5.41) is 14.8. The van der Waals surface area contributed by atoms with Crippen LogP contribution in [0.3, 0.4) is 0 Å². The first-order valence-electron chi connectivity index (χ1n) is 12.6. The number of aliphatic carboxylic acids is 1. The van der Waals surface area contributed by atoms with Crippen molar-refractivity contribution in [3.63, 3.8) is 0 Å². The van der Waals surface area contributed by atoms with Crippen LogP contribution < -0.4 is 10.5 Å². The van der Waals surface area contributed by atoms with Gasteiger partial charge in [0.25, 0.3) is 5.97 Å². The first-order chi connectivity index (χ1) is 19.0. The second kappa shape index (κ2) is 17.9. The van der Waals surface area contributed by atoms with E-state index in [1.54, 1.807) is 80.5 Å². The van der Waals surface area contributed by atoms with Crippen molar-refractivity contribution >= 4 is 35.7 Å². The van der Waals surface area contributed by atoms with Crippen LogP contribution in [0, 0.1) is 5.41 Å². The number of nitrogens with zero attached hydrogens (tertiary/aromatic N) is 1. The number of carbonyl (C=O) groups excluding carboxylic acids is 3. The summed E-state index contributed by atoms with van der Waals surface area (Å²) in [6, 6.07) is 13.0. The van der Waals surface area contributed by atoms with E-state index in [-0.39, 0.29) is 30.7 Å². The van der Waals surface area contributed by atoms with Gasteiger partial charge < -0.3 is 30.0 Å². The maximum absolute atomic E-state index is 13.0. The van der Waals surface area contributed by atoms with Crippen LogP contribution in [-0.4, -0.2) is 73.1 Å². The minimum Gasteiger partial charge on any atom is -0.481 e. The molecule has 0 atom stereocenters. The number of amides is 1. The Kier molecular flexibility index (Phi) is 15.0. The molecule has 0 heterocycles. The van der Waals surface area contributed by atoms with Gasteiger partial charge in [-0.15, -0.1) is 0 Å². The fourth-order valence-corrected chi connectivity index (χ4v) is 3.32. The van der Waals surface area contributed by atoms with E-state index in [4.69, 9.17) is 35.3 Å². The maximum Gasteiger partial charge on any atom is 0.343 e. The SMILES string of the molecule is CC(=O)O.CCOC(=O)CCN(CCCOC)C(=O)C(C)=Cc1ccc(C(=O)Oc2ccc(C(=N)N)cc2)cc1. The van der Waals surface area contributed by atoms with Crippen molar-refractivity contribution in [2.45, 2.75) is 33.6 Å². The van der Waals surface area contributed by atoms with E-state index in [1.165, 1.54) is 0 Å². The summed E-state index contributed by atoms with van der Waals surface area (Å²) < 4.78 is 15.4. The number of hydrogen-bond acceptors (Lipinski definition) is 8. The van der Waals surface area contributed by atoms with Crippen molar-refractivity contribution in [3.05, 3.63) is 70.8 Å². The Morgan fingerprint density at radius 3 is 2.08 bits per heavy atom. The topological polar surface area (TPSA) is 169 Å². The van der Waals surface area contributed by atoms with Gasteiger partial charge in [0.2, 0.25) is 5.91 Å². The van der Waals surface area contributed by atoms with Crippen molar-refractivity contribution < 1.29 is 38.5 Å². The molecule has 2 aromatic carbocycles. The Balaban J connectivity index is 0.00000187. The zero-order chi connectivity index (χ0) is 30.1. The van der Waals surface area contributed by atoms with Crippen molar-refractivity contribution in [3.8, 4) is 5.75 Å². The van der Waals surface area contributed by atoms with Gasteiger partial charge in [0.15, 0.2) is 0 Å². The largest absolute Gasteiger partial charge is 0.481 e. The molecule has 0 fully saturated rings. The van der Waals surface area contributed by atoms with E-state index in [1.807, 2.05) is 0 Å². The molecule has 2 aromatic rings. The molecule has 0 bridgehead atoms. The molecule has 0 aliphatic heterocycles. The van der Waals surface area contributed by atoms with Gasteiger partial charge in [0.1, 0.15) is 11.6 Å². The zero-order valence-corrected chi connectivity index (χ0v) is 23.3. The van der Waals surface area contributed by atoms with Gasteiger partial charge in [-0.2, -0.15) is 0 Å². The fraction of sp³-hybridized carbons (Fsp3) is 0.345. The van der Waals surface area contributed by atoms with Crippen LogP contribution in [0.4, 0.5) is 0 Å². The zero-order valence-electron chi connectivity index (χ0n) is 23.3. The third kappa shape index (κ3) is 12.8. The number of carboxylic acids is 1. The van der Waals surface area contributed by atoms with Crippen LogP contribution in [0.5, 0.6) is 5.75 Å². The molecule has 0 aliphatic rings. The number of nitrogen functional groups attached to an aromatic ring is 1. The first-order valence-corrected chi connectivity index (χ1v) is 12.6. The van der Waals surface area contributed by atoms with Gasteiger partial charge in [-0.1, -0.05) is 12.1 Å². The average molecular weight is 556 g/mol. The number of esters is 2. The molecule has 1 amide bonds. The van der Waals surface area contributed by atoms with Crippen LogP contribution >= 0.6 is 0 Å². The standard InChI is InChI=1S/C27H33N3O6.C2H4O2/c1-4-35-24(31)14-16-30(15-5-17-34-3)26(32)19(2)18-20-6-8-22(9-7-20)27(33)36-23-12-10-21(11-13-23)25(28)29;1-2(3)4/h6-13,18H,4-5,14-17H2,1-3H3,(H3,28,29);1H3,(H,3,4). The van der Waals surface area contributed by atoms with Crippen LogP contribution in [0.25, 0.3) is 6.08 Å². The molecule has 0 saturated heterocycles. The Morgan fingerprint density at radius 1 is 0.975 bits per heavy atom. The summed E-state index contributed by atoms with van der Waals surface area (Å²) in [5.74, 6) is -1.62. The van der Waals surface area contributed by atoms with E-state index in [2.05, 4.69) is 0 Å². The number of amidine groups is 1. The summed E-state index contributed by atoms with van der Waals surface area (Å²) >= 11 is 0. The maximum atomic E-state index is 13.0. The molecule has 11 nitrogen and oxygen atoms in total.